The van der Waals surface area contributed by atoms with Crippen molar-refractivity contribution < 1.29 is 0 Å². The Kier molecular flexibility index (Phi) is 4.06. The molecule has 2 aromatic heterocycles. The molecule has 0 N–H and O–H groups in total. The second-order valence-electron chi connectivity index (χ2n) is 6.91. The van der Waals surface area contributed by atoms with Crippen LogP contribution in [0, 0.1) is 0 Å². The fourth-order valence-electron chi connectivity index (χ4n) is 3.57. The molecule has 1 aliphatic heterocycles. The van der Waals surface area contributed by atoms with Gasteiger partial charge in [0.25, 0.3) is 0 Å². The molecule has 1 aliphatic rings. The van der Waals surface area contributed by atoms with E-state index in [4.69, 9.17) is 4.98 Å². The predicted molar refractivity (Wildman–Crippen MR) is 111 cm³/mol. The zero-order valence-electron chi connectivity index (χ0n) is 15.0. The molecule has 2 aromatic carbocycles. The number of rotatable bonds is 2. The third-order valence-corrected chi connectivity index (χ3v) is 5.65. The van der Waals surface area contributed by atoms with E-state index in [1.807, 2.05) is 30.3 Å². The maximum atomic E-state index is 5.01. The SMILES string of the molecule is CN1CCN(c2nc3ccccc3c3nnc(-c4ccc(Br)cc4)n23)CC1. The van der Waals surface area contributed by atoms with Crippen molar-refractivity contribution in [1.29, 1.82) is 0 Å². The number of halogens is 1. The molecular weight excluding hydrogens is 404 g/mol. The van der Waals surface area contributed by atoms with Crippen LogP contribution in [0.5, 0.6) is 0 Å². The highest BCUT2D eigenvalue weighted by molar-refractivity contribution is 9.10. The molecule has 1 saturated heterocycles. The summed E-state index contributed by atoms with van der Waals surface area (Å²) >= 11 is 3.51. The van der Waals surface area contributed by atoms with Crippen LogP contribution in [0.15, 0.2) is 53.0 Å². The summed E-state index contributed by atoms with van der Waals surface area (Å²) in [6.45, 7) is 3.92. The lowest BCUT2D eigenvalue weighted by Crippen LogP contribution is -2.45. The van der Waals surface area contributed by atoms with Gasteiger partial charge in [-0.15, -0.1) is 10.2 Å². The van der Waals surface area contributed by atoms with Crippen LogP contribution < -0.4 is 4.90 Å². The Bertz CT molecular complexity index is 1110. The quantitative estimate of drug-likeness (QED) is 0.494. The summed E-state index contributed by atoms with van der Waals surface area (Å²) in [6.07, 6.45) is 0. The van der Waals surface area contributed by atoms with Gasteiger partial charge in [0.1, 0.15) is 0 Å². The van der Waals surface area contributed by atoms with Gasteiger partial charge in [-0.2, -0.15) is 0 Å². The summed E-state index contributed by atoms with van der Waals surface area (Å²) in [6, 6.07) is 16.3. The van der Waals surface area contributed by atoms with Crippen LogP contribution in [0.1, 0.15) is 0 Å². The highest BCUT2D eigenvalue weighted by atomic mass is 79.9. The number of benzene rings is 2. The maximum absolute atomic E-state index is 5.01. The summed E-state index contributed by atoms with van der Waals surface area (Å²) in [7, 11) is 2.16. The Balaban J connectivity index is 1.77. The predicted octanol–water partition coefficient (Wildman–Crippen LogP) is 3.46. The van der Waals surface area contributed by atoms with Crippen LogP contribution in [-0.2, 0) is 0 Å². The van der Waals surface area contributed by atoms with Crippen LogP contribution in [0.25, 0.3) is 27.9 Å². The Morgan fingerprint density at radius 2 is 1.63 bits per heavy atom. The normalized spacial score (nSPS) is 15.7. The van der Waals surface area contributed by atoms with Crippen molar-refractivity contribution in [1.82, 2.24) is 24.5 Å². The number of fused-ring (bicyclic) bond motifs is 3. The summed E-state index contributed by atoms with van der Waals surface area (Å²) in [5.41, 5.74) is 2.83. The van der Waals surface area contributed by atoms with E-state index < -0.39 is 0 Å². The summed E-state index contributed by atoms with van der Waals surface area (Å²) in [5.74, 6) is 1.74. The molecule has 0 amide bonds. The standard InChI is InChI=1S/C20H19BrN6/c1-25-10-12-26(13-11-25)20-22-17-5-3-2-4-16(17)19-24-23-18(27(19)20)14-6-8-15(21)9-7-14/h2-9H,10-13H2,1H3. The molecule has 4 aromatic rings. The van der Waals surface area contributed by atoms with Crippen LogP contribution in [0.4, 0.5) is 5.95 Å². The third kappa shape index (κ3) is 2.87. The monoisotopic (exact) mass is 422 g/mol. The van der Waals surface area contributed by atoms with Crippen LogP contribution in [-0.4, -0.2) is 57.7 Å². The number of aromatic nitrogens is 4. The lowest BCUT2D eigenvalue weighted by Gasteiger charge is -2.33. The molecule has 27 heavy (non-hydrogen) atoms. The molecule has 7 heteroatoms. The van der Waals surface area contributed by atoms with Crippen molar-refractivity contribution >= 4 is 38.4 Å². The maximum Gasteiger partial charge on any atom is 0.213 e. The molecule has 0 unspecified atom stereocenters. The average molecular weight is 423 g/mol. The van der Waals surface area contributed by atoms with E-state index in [2.05, 4.69) is 65.6 Å². The van der Waals surface area contributed by atoms with Gasteiger partial charge in [-0.05, 0) is 31.3 Å². The van der Waals surface area contributed by atoms with Gasteiger partial charge in [0.2, 0.25) is 5.95 Å². The molecule has 3 heterocycles. The summed E-state index contributed by atoms with van der Waals surface area (Å²) in [4.78, 5) is 9.69. The van der Waals surface area contributed by atoms with E-state index in [-0.39, 0.29) is 0 Å². The minimum Gasteiger partial charge on any atom is -0.339 e. The molecule has 6 nitrogen and oxygen atoms in total. The molecule has 1 fully saturated rings. The van der Waals surface area contributed by atoms with Crippen molar-refractivity contribution in [2.24, 2.45) is 0 Å². The summed E-state index contributed by atoms with van der Waals surface area (Å²) < 4.78 is 3.15. The Morgan fingerprint density at radius 3 is 2.41 bits per heavy atom. The number of nitrogens with zero attached hydrogens (tertiary/aromatic N) is 6. The number of hydrogen-bond acceptors (Lipinski definition) is 5. The van der Waals surface area contributed by atoms with Crippen molar-refractivity contribution in [2.75, 3.05) is 38.1 Å². The smallest absolute Gasteiger partial charge is 0.213 e. The van der Waals surface area contributed by atoms with E-state index in [0.717, 1.165) is 64.5 Å². The topological polar surface area (TPSA) is 49.6 Å². The third-order valence-electron chi connectivity index (χ3n) is 5.12. The molecular formula is C20H19BrN6. The minimum absolute atomic E-state index is 0.824. The number of anilines is 1. The molecule has 0 aliphatic carbocycles. The average Bonchev–Trinajstić information content (AvgIpc) is 3.14. The highest BCUT2D eigenvalue weighted by Gasteiger charge is 2.22. The van der Waals surface area contributed by atoms with E-state index in [9.17, 15) is 0 Å². The van der Waals surface area contributed by atoms with Crippen LogP contribution >= 0.6 is 15.9 Å². The fourth-order valence-corrected chi connectivity index (χ4v) is 3.83. The fraction of sp³-hybridized carbons (Fsp3) is 0.250. The number of hydrogen-bond donors (Lipinski definition) is 0. The van der Waals surface area contributed by atoms with Crippen molar-refractivity contribution in [3.05, 3.63) is 53.0 Å². The van der Waals surface area contributed by atoms with Crippen molar-refractivity contribution in [3.63, 3.8) is 0 Å². The first-order chi connectivity index (χ1) is 13.2. The second-order valence-corrected chi connectivity index (χ2v) is 7.82. The molecule has 0 spiro atoms. The Labute approximate surface area is 165 Å². The lowest BCUT2D eigenvalue weighted by molar-refractivity contribution is 0.311. The minimum atomic E-state index is 0.824. The zero-order chi connectivity index (χ0) is 18.4. The highest BCUT2D eigenvalue weighted by Crippen LogP contribution is 2.29. The zero-order valence-corrected chi connectivity index (χ0v) is 16.6. The van der Waals surface area contributed by atoms with Crippen molar-refractivity contribution in [3.8, 4) is 11.4 Å². The number of likely N-dealkylation sites (N-methyl/N-ethyl adjacent to an activating group) is 1. The summed E-state index contributed by atoms with van der Waals surface area (Å²) in [5, 5.41) is 10.1. The van der Waals surface area contributed by atoms with Gasteiger partial charge >= 0.3 is 0 Å². The first kappa shape index (κ1) is 16.6. The lowest BCUT2D eigenvalue weighted by atomic mass is 10.2. The molecule has 0 atom stereocenters. The van der Waals surface area contributed by atoms with Crippen LogP contribution in [0.3, 0.4) is 0 Å². The van der Waals surface area contributed by atoms with E-state index >= 15 is 0 Å². The van der Waals surface area contributed by atoms with Gasteiger partial charge in [0.15, 0.2) is 11.5 Å². The van der Waals surface area contributed by atoms with Gasteiger partial charge in [0.05, 0.1) is 5.52 Å². The Hall–Kier alpha value is -2.51. The second kappa shape index (κ2) is 6.58. The van der Waals surface area contributed by atoms with Crippen molar-refractivity contribution in [2.45, 2.75) is 0 Å². The van der Waals surface area contributed by atoms with Gasteiger partial charge in [-0.25, -0.2) is 9.38 Å². The molecule has 0 saturated carbocycles. The number of piperazine rings is 1. The Morgan fingerprint density at radius 1 is 0.889 bits per heavy atom. The first-order valence-electron chi connectivity index (χ1n) is 9.04. The van der Waals surface area contributed by atoms with Gasteiger partial charge < -0.3 is 9.80 Å². The molecule has 0 radical (unpaired) electrons. The molecule has 5 rings (SSSR count). The van der Waals surface area contributed by atoms with Gasteiger partial charge in [-0.3, -0.25) is 0 Å². The van der Waals surface area contributed by atoms with Gasteiger partial charge in [0, 0.05) is 41.6 Å². The van der Waals surface area contributed by atoms with E-state index in [1.54, 1.807) is 0 Å². The molecule has 0 bridgehead atoms. The van der Waals surface area contributed by atoms with Crippen LogP contribution in [0.2, 0.25) is 0 Å². The van der Waals surface area contributed by atoms with Gasteiger partial charge in [-0.1, -0.05) is 40.2 Å². The van der Waals surface area contributed by atoms with E-state index in [1.165, 1.54) is 0 Å². The number of para-hydroxylation sites is 1. The first-order valence-corrected chi connectivity index (χ1v) is 9.83. The van der Waals surface area contributed by atoms with E-state index in [0.29, 0.717) is 0 Å². The largest absolute Gasteiger partial charge is 0.339 e. The molecule has 136 valence electrons.